The summed E-state index contributed by atoms with van der Waals surface area (Å²) in [6, 6.07) is 7.04. The van der Waals surface area contributed by atoms with Crippen LogP contribution in [0, 0.1) is 0 Å². The highest BCUT2D eigenvalue weighted by Crippen LogP contribution is 2.26. The van der Waals surface area contributed by atoms with Crippen LogP contribution in [0.25, 0.3) is 0 Å². The van der Waals surface area contributed by atoms with Crippen molar-refractivity contribution >= 4 is 40.4 Å². The van der Waals surface area contributed by atoms with Gasteiger partial charge in [-0.1, -0.05) is 11.6 Å². The third-order valence-electron chi connectivity index (χ3n) is 4.30. The third kappa shape index (κ3) is 3.62. The zero-order valence-corrected chi connectivity index (χ0v) is 15.0. The van der Waals surface area contributed by atoms with Gasteiger partial charge in [0.05, 0.1) is 16.1 Å². The first kappa shape index (κ1) is 17.0. The Morgan fingerprint density at radius 2 is 2.12 bits per heavy atom. The molecule has 1 aliphatic rings. The topological polar surface area (TPSA) is 49.4 Å². The van der Waals surface area contributed by atoms with Gasteiger partial charge in [-0.3, -0.25) is 9.59 Å². The van der Waals surface area contributed by atoms with Crippen LogP contribution in [-0.4, -0.2) is 29.3 Å². The van der Waals surface area contributed by atoms with Crippen LogP contribution in [0.2, 0.25) is 5.02 Å². The van der Waals surface area contributed by atoms with Crippen molar-refractivity contribution in [1.29, 1.82) is 0 Å². The number of anilines is 1. The Bertz CT molecular complexity index is 745. The molecule has 1 aliphatic heterocycles. The number of thiophene rings is 1. The predicted molar refractivity (Wildman–Crippen MR) is 98.1 cm³/mol. The first-order valence-electron chi connectivity index (χ1n) is 8.00. The SMILES string of the molecule is CC1CCCCN1C(=O)c1ccc(NC(=O)c2ccsc2)cc1Cl. The summed E-state index contributed by atoms with van der Waals surface area (Å²) in [5.41, 5.74) is 1.68. The van der Waals surface area contributed by atoms with Gasteiger partial charge in [-0.25, -0.2) is 0 Å². The lowest BCUT2D eigenvalue weighted by atomic mass is 10.0. The van der Waals surface area contributed by atoms with Gasteiger partial charge < -0.3 is 10.2 Å². The first-order valence-corrected chi connectivity index (χ1v) is 9.32. The normalized spacial score (nSPS) is 17.6. The molecule has 1 unspecified atom stereocenters. The number of halogens is 1. The van der Waals surface area contributed by atoms with E-state index in [0.717, 1.165) is 25.8 Å². The van der Waals surface area contributed by atoms with E-state index in [9.17, 15) is 9.59 Å². The largest absolute Gasteiger partial charge is 0.336 e. The second-order valence-corrected chi connectivity index (χ2v) is 7.19. The van der Waals surface area contributed by atoms with Gasteiger partial charge in [0.15, 0.2) is 0 Å². The molecule has 0 saturated carbocycles. The van der Waals surface area contributed by atoms with E-state index >= 15 is 0 Å². The number of carbonyl (C=O) groups excluding carboxylic acids is 2. The van der Waals surface area contributed by atoms with Crippen molar-refractivity contribution in [2.24, 2.45) is 0 Å². The Hall–Kier alpha value is -1.85. The number of rotatable bonds is 3. The lowest BCUT2D eigenvalue weighted by Crippen LogP contribution is -2.42. The Labute approximate surface area is 150 Å². The summed E-state index contributed by atoms with van der Waals surface area (Å²) in [6.45, 7) is 2.84. The van der Waals surface area contributed by atoms with Crippen molar-refractivity contribution < 1.29 is 9.59 Å². The molecule has 0 spiro atoms. The number of piperidine rings is 1. The van der Waals surface area contributed by atoms with E-state index in [1.165, 1.54) is 11.3 Å². The lowest BCUT2D eigenvalue weighted by Gasteiger charge is -2.33. The van der Waals surface area contributed by atoms with E-state index in [-0.39, 0.29) is 17.9 Å². The molecule has 1 saturated heterocycles. The Morgan fingerprint density at radius 1 is 1.29 bits per heavy atom. The van der Waals surface area contributed by atoms with E-state index < -0.39 is 0 Å². The van der Waals surface area contributed by atoms with Gasteiger partial charge in [-0.15, -0.1) is 0 Å². The average Bonchev–Trinajstić information content (AvgIpc) is 3.09. The molecule has 3 rings (SSSR count). The quantitative estimate of drug-likeness (QED) is 0.862. The zero-order chi connectivity index (χ0) is 17.1. The highest BCUT2D eigenvalue weighted by atomic mass is 35.5. The van der Waals surface area contributed by atoms with Crippen molar-refractivity contribution in [3.8, 4) is 0 Å². The van der Waals surface area contributed by atoms with Crippen LogP contribution in [0.3, 0.4) is 0 Å². The molecule has 24 heavy (non-hydrogen) atoms. The highest BCUT2D eigenvalue weighted by Gasteiger charge is 2.25. The smallest absolute Gasteiger partial charge is 0.256 e. The molecule has 2 heterocycles. The molecular weight excluding hydrogens is 344 g/mol. The fourth-order valence-corrected chi connectivity index (χ4v) is 3.82. The number of hydrogen-bond donors (Lipinski definition) is 1. The van der Waals surface area contributed by atoms with Gasteiger partial charge in [0, 0.05) is 23.7 Å². The number of likely N-dealkylation sites (tertiary alicyclic amines) is 1. The molecular formula is C18H19ClN2O2S. The first-order chi connectivity index (χ1) is 11.6. The van der Waals surface area contributed by atoms with E-state index in [2.05, 4.69) is 12.2 Å². The Kier molecular flexibility index (Phi) is 5.21. The third-order valence-corrected chi connectivity index (χ3v) is 5.30. The molecule has 6 heteroatoms. The molecule has 2 aromatic rings. The van der Waals surface area contributed by atoms with Gasteiger partial charge in [-0.2, -0.15) is 11.3 Å². The maximum absolute atomic E-state index is 12.7. The van der Waals surface area contributed by atoms with Crippen molar-refractivity contribution in [2.75, 3.05) is 11.9 Å². The Morgan fingerprint density at radius 3 is 2.79 bits per heavy atom. The van der Waals surface area contributed by atoms with Crippen molar-refractivity contribution in [3.05, 3.63) is 51.2 Å². The van der Waals surface area contributed by atoms with E-state index in [1.807, 2.05) is 10.3 Å². The van der Waals surface area contributed by atoms with Gasteiger partial charge in [0.2, 0.25) is 0 Å². The molecule has 1 aromatic heterocycles. The fraction of sp³-hybridized carbons (Fsp3) is 0.333. The van der Waals surface area contributed by atoms with Crippen LogP contribution in [-0.2, 0) is 0 Å². The summed E-state index contributed by atoms with van der Waals surface area (Å²) in [7, 11) is 0. The van der Waals surface area contributed by atoms with Crippen molar-refractivity contribution in [2.45, 2.75) is 32.2 Å². The number of nitrogens with one attached hydrogen (secondary N) is 1. The molecule has 0 aliphatic carbocycles. The number of carbonyl (C=O) groups is 2. The lowest BCUT2D eigenvalue weighted by molar-refractivity contribution is 0.0635. The van der Waals surface area contributed by atoms with Crippen LogP contribution in [0.15, 0.2) is 35.0 Å². The molecule has 1 aromatic carbocycles. The molecule has 1 atom stereocenters. The molecule has 1 fully saturated rings. The van der Waals surface area contributed by atoms with Crippen molar-refractivity contribution in [3.63, 3.8) is 0 Å². The number of hydrogen-bond acceptors (Lipinski definition) is 3. The molecule has 126 valence electrons. The average molecular weight is 363 g/mol. The fourth-order valence-electron chi connectivity index (χ4n) is 2.92. The standard InChI is InChI=1S/C18H19ClN2O2S/c1-12-4-2-3-8-21(12)18(23)15-6-5-14(10-16(15)19)20-17(22)13-7-9-24-11-13/h5-7,9-12H,2-4,8H2,1H3,(H,20,22). The zero-order valence-electron chi connectivity index (χ0n) is 13.4. The minimum absolute atomic E-state index is 0.0390. The highest BCUT2D eigenvalue weighted by molar-refractivity contribution is 7.08. The summed E-state index contributed by atoms with van der Waals surface area (Å²) in [5, 5.41) is 6.79. The van der Waals surface area contributed by atoms with E-state index in [0.29, 0.717) is 21.8 Å². The number of amides is 2. The van der Waals surface area contributed by atoms with Gasteiger partial charge in [-0.05, 0) is 55.8 Å². The minimum Gasteiger partial charge on any atom is -0.336 e. The minimum atomic E-state index is -0.184. The number of nitrogens with zero attached hydrogens (tertiary/aromatic N) is 1. The van der Waals surface area contributed by atoms with Crippen LogP contribution >= 0.6 is 22.9 Å². The van der Waals surface area contributed by atoms with Gasteiger partial charge in [0.25, 0.3) is 11.8 Å². The van der Waals surface area contributed by atoms with Crippen molar-refractivity contribution in [1.82, 2.24) is 4.90 Å². The predicted octanol–water partition coefficient (Wildman–Crippen LogP) is 4.67. The van der Waals surface area contributed by atoms with Crippen LogP contribution in [0.1, 0.15) is 46.9 Å². The van der Waals surface area contributed by atoms with Crippen LogP contribution in [0.4, 0.5) is 5.69 Å². The summed E-state index contributed by atoms with van der Waals surface area (Å²) < 4.78 is 0. The molecule has 0 bridgehead atoms. The molecule has 1 N–H and O–H groups in total. The summed E-state index contributed by atoms with van der Waals surface area (Å²) in [6.07, 6.45) is 3.22. The summed E-state index contributed by atoms with van der Waals surface area (Å²) >= 11 is 7.77. The van der Waals surface area contributed by atoms with Crippen LogP contribution in [0.5, 0.6) is 0 Å². The van der Waals surface area contributed by atoms with E-state index in [4.69, 9.17) is 11.6 Å². The van der Waals surface area contributed by atoms with Crippen LogP contribution < -0.4 is 5.32 Å². The van der Waals surface area contributed by atoms with Gasteiger partial charge in [0.1, 0.15) is 0 Å². The monoisotopic (exact) mass is 362 g/mol. The molecule has 2 amide bonds. The maximum atomic E-state index is 12.7. The van der Waals surface area contributed by atoms with Gasteiger partial charge >= 0.3 is 0 Å². The second kappa shape index (κ2) is 7.36. The molecule has 4 nitrogen and oxygen atoms in total. The summed E-state index contributed by atoms with van der Waals surface area (Å²) in [4.78, 5) is 26.7. The van der Waals surface area contributed by atoms with E-state index in [1.54, 1.807) is 29.6 Å². The second-order valence-electron chi connectivity index (χ2n) is 6.00. The molecule has 0 radical (unpaired) electrons. The summed E-state index contributed by atoms with van der Waals surface area (Å²) in [5.74, 6) is -0.223. The number of benzene rings is 1. The Balaban J connectivity index is 1.74. The maximum Gasteiger partial charge on any atom is 0.256 e.